The van der Waals surface area contributed by atoms with Crippen molar-refractivity contribution in [2.75, 3.05) is 40.0 Å². The fourth-order valence-corrected chi connectivity index (χ4v) is 4.78. The summed E-state index contributed by atoms with van der Waals surface area (Å²) in [5.41, 5.74) is 1.88. The van der Waals surface area contributed by atoms with Crippen LogP contribution in [0, 0.1) is 6.92 Å². The van der Waals surface area contributed by atoms with Crippen molar-refractivity contribution in [1.29, 1.82) is 0 Å². The first-order valence-electron chi connectivity index (χ1n) is 11.2. The lowest BCUT2D eigenvalue weighted by Gasteiger charge is -2.30. The summed E-state index contributed by atoms with van der Waals surface area (Å²) >= 11 is -1.34. The van der Waals surface area contributed by atoms with Crippen LogP contribution >= 0.6 is 11.3 Å². The number of carboxylic acid groups (broad SMARTS) is 1. The topological polar surface area (TPSA) is 167 Å². The predicted octanol–water partition coefficient (Wildman–Crippen LogP) is 2.49. The number of hydrogen-bond acceptors (Lipinski definition) is 11. The molecule has 1 fully saturated rings. The van der Waals surface area contributed by atoms with Crippen molar-refractivity contribution in [3.63, 3.8) is 0 Å². The Morgan fingerprint density at radius 1 is 1.25 bits per heavy atom. The van der Waals surface area contributed by atoms with Gasteiger partial charge in [0.2, 0.25) is 5.95 Å². The van der Waals surface area contributed by atoms with Crippen molar-refractivity contribution in [1.82, 2.24) is 15.0 Å². The highest BCUT2D eigenvalue weighted by molar-refractivity contribution is 7.80. The third-order valence-electron chi connectivity index (χ3n) is 5.71. The summed E-state index contributed by atoms with van der Waals surface area (Å²) in [6, 6.07) is 8.90. The number of anilines is 5. The Hall–Kier alpha value is -3.33. The minimum Gasteiger partial charge on any atom is -0.755 e. The second-order valence-corrected chi connectivity index (χ2v) is 10.2. The van der Waals surface area contributed by atoms with Crippen LogP contribution in [0.2, 0.25) is 0 Å². The zero-order valence-electron chi connectivity index (χ0n) is 19.7. The van der Waals surface area contributed by atoms with Crippen molar-refractivity contribution < 1.29 is 23.8 Å². The number of aromatic carboxylic acids is 1. The van der Waals surface area contributed by atoms with E-state index in [4.69, 9.17) is 0 Å². The van der Waals surface area contributed by atoms with Gasteiger partial charge in [0, 0.05) is 49.7 Å². The highest BCUT2D eigenvalue weighted by Gasteiger charge is 2.20. The van der Waals surface area contributed by atoms with Gasteiger partial charge in [-0.2, -0.15) is 9.97 Å². The third kappa shape index (κ3) is 6.26. The van der Waals surface area contributed by atoms with Crippen LogP contribution in [0.3, 0.4) is 0 Å². The van der Waals surface area contributed by atoms with Crippen molar-refractivity contribution >= 4 is 57.0 Å². The number of hydrogen-bond donors (Lipinski definition) is 4. The smallest absolute Gasteiger partial charge is 0.347 e. The van der Waals surface area contributed by atoms with Gasteiger partial charge in [-0.3, -0.25) is 9.53 Å². The average Bonchev–Trinajstić information content (AvgIpc) is 3.23. The van der Waals surface area contributed by atoms with Gasteiger partial charge >= 0.3 is 5.97 Å². The maximum atomic E-state index is 11.4. The first kappa shape index (κ1) is 25.8. The molecule has 1 aliphatic heterocycles. The van der Waals surface area contributed by atoms with Gasteiger partial charge < -0.3 is 29.3 Å². The molecule has 0 radical (unpaired) electrons. The van der Waals surface area contributed by atoms with Crippen LogP contribution in [0.1, 0.15) is 33.8 Å². The molecule has 14 heteroatoms. The van der Waals surface area contributed by atoms with E-state index in [2.05, 4.69) is 30.5 Å². The Morgan fingerprint density at radius 3 is 2.56 bits per heavy atom. The van der Waals surface area contributed by atoms with Crippen LogP contribution in [0.4, 0.5) is 28.4 Å². The molecule has 0 bridgehead atoms. The summed E-state index contributed by atoms with van der Waals surface area (Å²) in [5, 5.41) is 25.8. The number of carbonyl (C=O) groups is 1. The standard InChI is InChI=1S/C22H27N7O5S2/c1-13-19(20(31)32)35-22(24-13)27-21-25-17(11-18(26-21)29-9-7-16(30)8-10-29)23-12-14-3-5-15(6-4-14)28(2)36(33)34/h3-6,11,16,30H,7-10,12H2,1-2H3,(H,31,32)(H,33,34)(H2,23,24,25,26,27)/p-1. The molecule has 0 aliphatic carbocycles. The number of nitrogens with one attached hydrogen (secondary N) is 2. The molecule has 4 rings (SSSR count). The first-order chi connectivity index (χ1) is 17.2. The van der Waals surface area contributed by atoms with Gasteiger partial charge in [-0.25, -0.2) is 9.78 Å². The van der Waals surface area contributed by atoms with Crippen LogP contribution in [0.15, 0.2) is 30.3 Å². The van der Waals surface area contributed by atoms with Gasteiger partial charge in [-0.1, -0.05) is 23.5 Å². The van der Waals surface area contributed by atoms with E-state index in [9.17, 15) is 23.8 Å². The third-order valence-corrected chi connectivity index (χ3v) is 7.43. The average molecular weight is 533 g/mol. The van der Waals surface area contributed by atoms with Crippen molar-refractivity contribution in [2.45, 2.75) is 32.4 Å². The molecule has 1 saturated heterocycles. The summed E-state index contributed by atoms with van der Waals surface area (Å²) in [4.78, 5) is 27.0. The van der Waals surface area contributed by atoms with E-state index in [1.54, 1.807) is 19.1 Å². The molecule has 3 heterocycles. The number of piperidine rings is 1. The van der Waals surface area contributed by atoms with Crippen molar-refractivity contribution in [3.8, 4) is 0 Å². The number of thiazole rings is 1. The Morgan fingerprint density at radius 2 is 1.94 bits per heavy atom. The number of aliphatic hydroxyl groups excluding tert-OH is 1. The largest absolute Gasteiger partial charge is 0.755 e. The summed E-state index contributed by atoms with van der Waals surface area (Å²) in [5.74, 6) is 0.438. The molecule has 1 aromatic carbocycles. The first-order valence-corrected chi connectivity index (χ1v) is 13.0. The Balaban J connectivity index is 1.54. The molecule has 192 valence electrons. The molecule has 0 spiro atoms. The Kier molecular flexibility index (Phi) is 7.98. The lowest BCUT2D eigenvalue weighted by molar-refractivity contribution is 0.0701. The van der Waals surface area contributed by atoms with E-state index in [0.29, 0.717) is 60.6 Å². The van der Waals surface area contributed by atoms with Crippen molar-refractivity contribution in [3.05, 3.63) is 46.5 Å². The monoisotopic (exact) mass is 532 g/mol. The molecule has 3 aromatic rings. The predicted molar refractivity (Wildman–Crippen MR) is 138 cm³/mol. The van der Waals surface area contributed by atoms with Gasteiger partial charge in [-0.15, -0.1) is 0 Å². The molecular formula is C22H26N7O5S2-. The Labute approximate surface area is 214 Å². The zero-order valence-corrected chi connectivity index (χ0v) is 21.3. The number of nitrogens with zero attached hydrogens (tertiary/aromatic N) is 5. The normalized spacial score (nSPS) is 14.9. The summed E-state index contributed by atoms with van der Waals surface area (Å²) < 4.78 is 23.4. The van der Waals surface area contributed by atoms with Gasteiger partial charge in [0.1, 0.15) is 16.5 Å². The second-order valence-electron chi connectivity index (χ2n) is 8.25. The number of rotatable bonds is 9. The number of aryl methyl sites for hydroxylation is 1. The lowest BCUT2D eigenvalue weighted by atomic mass is 10.1. The van der Waals surface area contributed by atoms with E-state index < -0.39 is 17.2 Å². The summed E-state index contributed by atoms with van der Waals surface area (Å²) in [6.45, 7) is 3.35. The second kappa shape index (κ2) is 11.2. The molecule has 2 aromatic heterocycles. The molecule has 1 atom stereocenters. The van der Waals surface area contributed by atoms with Crippen LogP contribution in [-0.2, 0) is 17.8 Å². The quantitative estimate of drug-likeness (QED) is 0.299. The molecule has 1 unspecified atom stereocenters. The van der Waals surface area contributed by atoms with Gasteiger partial charge in [0.25, 0.3) is 0 Å². The maximum Gasteiger partial charge on any atom is 0.347 e. The maximum absolute atomic E-state index is 11.4. The van der Waals surface area contributed by atoms with Crippen LogP contribution in [0.5, 0.6) is 0 Å². The molecular weight excluding hydrogens is 506 g/mol. The molecule has 0 amide bonds. The van der Waals surface area contributed by atoms with E-state index >= 15 is 0 Å². The summed E-state index contributed by atoms with van der Waals surface area (Å²) in [6.07, 6.45) is 0.947. The van der Waals surface area contributed by atoms with Gasteiger partial charge in [-0.05, 0) is 37.5 Å². The number of benzene rings is 1. The molecule has 1 aliphatic rings. The number of aliphatic hydroxyl groups is 1. The van der Waals surface area contributed by atoms with Gasteiger partial charge in [0.15, 0.2) is 5.13 Å². The van der Waals surface area contributed by atoms with Gasteiger partial charge in [0.05, 0.1) is 11.8 Å². The number of carboxylic acids is 1. The lowest BCUT2D eigenvalue weighted by Crippen LogP contribution is -2.36. The highest BCUT2D eigenvalue weighted by Crippen LogP contribution is 2.28. The molecule has 12 nitrogen and oxygen atoms in total. The van der Waals surface area contributed by atoms with Crippen LogP contribution in [0.25, 0.3) is 0 Å². The molecule has 36 heavy (non-hydrogen) atoms. The minimum absolute atomic E-state index is 0.145. The number of aromatic nitrogens is 3. The minimum atomic E-state index is -2.34. The van der Waals surface area contributed by atoms with Crippen LogP contribution < -0.4 is 19.8 Å². The molecule has 4 N–H and O–H groups in total. The zero-order chi connectivity index (χ0) is 25.8. The fourth-order valence-electron chi connectivity index (χ4n) is 3.68. The molecule has 0 saturated carbocycles. The fraction of sp³-hybridized carbons (Fsp3) is 0.364. The van der Waals surface area contributed by atoms with E-state index in [1.807, 2.05) is 18.2 Å². The van der Waals surface area contributed by atoms with E-state index in [-0.39, 0.29) is 16.9 Å². The van der Waals surface area contributed by atoms with Crippen LogP contribution in [-0.4, -0.2) is 66.1 Å². The highest BCUT2D eigenvalue weighted by atomic mass is 32.2. The summed E-state index contributed by atoms with van der Waals surface area (Å²) in [7, 11) is 1.47. The Bertz CT molecular complexity index is 1250. The SMILES string of the molecule is Cc1nc(Nc2nc(NCc3ccc(N(C)S(=O)[O-])cc3)cc(N3CCC(O)CC3)n2)sc1C(=O)O. The van der Waals surface area contributed by atoms with E-state index in [1.165, 1.54) is 7.05 Å². The van der Waals surface area contributed by atoms with Crippen molar-refractivity contribution in [2.24, 2.45) is 0 Å². The van der Waals surface area contributed by atoms with E-state index in [0.717, 1.165) is 21.2 Å².